The molecule has 3 heterocycles. The van der Waals surface area contributed by atoms with E-state index in [9.17, 15) is 9.90 Å². The molecule has 0 radical (unpaired) electrons. The van der Waals surface area contributed by atoms with Crippen molar-refractivity contribution in [3.8, 4) is 17.0 Å². The second kappa shape index (κ2) is 12.4. The first kappa shape index (κ1) is 29.5. The molecular formula is C33H43N3O4. The third-order valence-electron chi connectivity index (χ3n) is 7.41. The lowest BCUT2D eigenvalue weighted by Crippen LogP contribution is -2.39. The molecule has 7 heteroatoms. The van der Waals surface area contributed by atoms with Crippen LogP contribution < -0.4 is 9.64 Å². The number of piperidine rings is 1. The van der Waals surface area contributed by atoms with Crippen molar-refractivity contribution in [2.24, 2.45) is 5.41 Å². The van der Waals surface area contributed by atoms with Gasteiger partial charge in [0.1, 0.15) is 5.75 Å². The molecule has 4 rings (SSSR count). The first-order valence-corrected chi connectivity index (χ1v) is 14.2. The Kier molecular flexibility index (Phi) is 9.14. The lowest BCUT2D eigenvalue weighted by atomic mass is 9.82. The van der Waals surface area contributed by atoms with Crippen LogP contribution in [0.4, 0.5) is 5.69 Å². The molecule has 1 aliphatic heterocycles. The van der Waals surface area contributed by atoms with Gasteiger partial charge >= 0.3 is 5.97 Å². The smallest absolute Gasteiger partial charge is 0.337 e. The van der Waals surface area contributed by atoms with Crippen LogP contribution in [0.25, 0.3) is 11.3 Å². The molecule has 2 aromatic heterocycles. The molecule has 0 spiro atoms. The second-order valence-corrected chi connectivity index (χ2v) is 12.4. The number of hydrogen-bond donors (Lipinski definition) is 1. The molecule has 1 aromatic carbocycles. The molecule has 1 saturated heterocycles. The minimum Gasteiger partial charge on any atom is -0.492 e. The molecular weight excluding hydrogens is 502 g/mol. The Morgan fingerprint density at radius 3 is 2.35 bits per heavy atom. The quantitative estimate of drug-likeness (QED) is 0.274. The number of pyridine rings is 2. The zero-order chi connectivity index (χ0) is 28.9. The molecule has 40 heavy (non-hydrogen) atoms. The number of carboxylic acids is 1. The zero-order valence-electron chi connectivity index (χ0n) is 24.7. The largest absolute Gasteiger partial charge is 0.492 e. The zero-order valence-corrected chi connectivity index (χ0v) is 24.7. The molecule has 1 aliphatic rings. The number of nitrogens with zero attached hydrogens (tertiary/aromatic N) is 3. The van der Waals surface area contributed by atoms with E-state index in [-0.39, 0.29) is 5.41 Å². The van der Waals surface area contributed by atoms with Gasteiger partial charge in [-0.25, -0.2) is 4.79 Å². The fourth-order valence-corrected chi connectivity index (χ4v) is 5.11. The van der Waals surface area contributed by atoms with Crippen LogP contribution in [0.15, 0.2) is 54.9 Å². The molecule has 0 unspecified atom stereocenters. The molecule has 0 saturated carbocycles. The van der Waals surface area contributed by atoms with E-state index in [1.54, 1.807) is 6.20 Å². The van der Waals surface area contributed by atoms with E-state index in [1.807, 2.05) is 52.1 Å². The van der Waals surface area contributed by atoms with Crippen molar-refractivity contribution in [1.29, 1.82) is 0 Å². The number of aryl methyl sites for hydroxylation is 2. The fourth-order valence-electron chi connectivity index (χ4n) is 5.11. The molecule has 0 aliphatic carbocycles. The topological polar surface area (TPSA) is 84.8 Å². The first-order valence-electron chi connectivity index (χ1n) is 14.2. The highest BCUT2D eigenvalue weighted by atomic mass is 16.5. The molecule has 1 atom stereocenters. The van der Waals surface area contributed by atoms with Gasteiger partial charge in [0, 0.05) is 36.1 Å². The lowest BCUT2D eigenvalue weighted by Gasteiger charge is -2.40. The van der Waals surface area contributed by atoms with E-state index in [0.29, 0.717) is 23.6 Å². The van der Waals surface area contributed by atoms with Gasteiger partial charge in [-0.3, -0.25) is 9.97 Å². The average molecular weight is 546 g/mol. The highest BCUT2D eigenvalue weighted by Gasteiger charge is 2.36. The van der Waals surface area contributed by atoms with Crippen molar-refractivity contribution < 1.29 is 19.4 Å². The van der Waals surface area contributed by atoms with Gasteiger partial charge in [0.05, 0.1) is 29.8 Å². The molecule has 0 bridgehead atoms. The number of hydrogen-bond acceptors (Lipinski definition) is 6. The Hall–Kier alpha value is -3.45. The number of aliphatic carboxylic acids is 1. The molecule has 3 aromatic rings. The maximum Gasteiger partial charge on any atom is 0.337 e. The third kappa shape index (κ3) is 7.60. The van der Waals surface area contributed by atoms with E-state index >= 15 is 0 Å². The third-order valence-corrected chi connectivity index (χ3v) is 7.41. The van der Waals surface area contributed by atoms with Gasteiger partial charge in [-0.2, -0.15) is 0 Å². The monoisotopic (exact) mass is 545 g/mol. The molecule has 7 nitrogen and oxygen atoms in total. The maximum atomic E-state index is 12.6. The van der Waals surface area contributed by atoms with Crippen LogP contribution in [0.2, 0.25) is 0 Å². The Morgan fingerprint density at radius 2 is 1.75 bits per heavy atom. The standard InChI is InChI=1S/C33H43N3O4/c1-23-28(30(31(37)38)40-32(2,3)4)29(36-18-16-33(5,6)17-19-36)26(22-34-23)27-15-14-25(21-35-27)39-20-10-13-24-11-8-7-9-12-24/h7-9,11-12,14-15,21-22,30H,10,13,16-20H2,1-6H3,(H,37,38)/t30-/m0/s1. The minimum atomic E-state index is -1.15. The Balaban J connectivity index is 1.63. The molecule has 1 N–H and O–H groups in total. The summed E-state index contributed by atoms with van der Waals surface area (Å²) in [7, 11) is 0. The van der Waals surface area contributed by atoms with E-state index in [1.165, 1.54) is 5.56 Å². The summed E-state index contributed by atoms with van der Waals surface area (Å²) in [5, 5.41) is 10.3. The Labute approximate surface area is 238 Å². The molecule has 0 amide bonds. The van der Waals surface area contributed by atoms with Crippen LogP contribution in [0.5, 0.6) is 5.75 Å². The number of rotatable bonds is 10. The van der Waals surface area contributed by atoms with Gasteiger partial charge in [0.15, 0.2) is 6.10 Å². The van der Waals surface area contributed by atoms with E-state index < -0.39 is 17.7 Å². The SMILES string of the molecule is Cc1ncc(-c2ccc(OCCCc3ccccc3)cn2)c(N2CCC(C)(C)CC2)c1[C@H](OC(C)(C)C)C(=O)O. The first-order chi connectivity index (χ1) is 18.9. The van der Waals surface area contributed by atoms with Crippen molar-refractivity contribution in [3.63, 3.8) is 0 Å². The number of carbonyl (C=O) groups is 1. The van der Waals surface area contributed by atoms with Crippen molar-refractivity contribution in [1.82, 2.24) is 9.97 Å². The maximum absolute atomic E-state index is 12.6. The summed E-state index contributed by atoms with van der Waals surface area (Å²) < 4.78 is 12.1. The van der Waals surface area contributed by atoms with Crippen LogP contribution in [0.3, 0.4) is 0 Å². The van der Waals surface area contributed by atoms with Gasteiger partial charge in [0.2, 0.25) is 0 Å². The summed E-state index contributed by atoms with van der Waals surface area (Å²) in [4.78, 5) is 24.2. The normalized spacial score (nSPS) is 16.0. The van der Waals surface area contributed by atoms with Crippen LogP contribution in [0, 0.1) is 12.3 Å². The van der Waals surface area contributed by atoms with Crippen molar-refractivity contribution >= 4 is 11.7 Å². The predicted octanol–water partition coefficient (Wildman–Crippen LogP) is 7.03. The summed E-state index contributed by atoms with van der Waals surface area (Å²) in [5.41, 5.74) is 4.52. The Bertz CT molecular complexity index is 1270. The van der Waals surface area contributed by atoms with Crippen LogP contribution in [-0.4, -0.2) is 46.3 Å². The minimum absolute atomic E-state index is 0.241. The summed E-state index contributed by atoms with van der Waals surface area (Å²) in [6.07, 6.45) is 6.29. The molecule has 214 valence electrons. The fraction of sp³-hybridized carbons (Fsp3) is 0.485. The van der Waals surface area contributed by atoms with Crippen LogP contribution in [-0.2, 0) is 16.0 Å². The summed E-state index contributed by atoms with van der Waals surface area (Å²) in [6.45, 7) is 14.3. The van der Waals surface area contributed by atoms with Gasteiger partial charge in [-0.15, -0.1) is 0 Å². The van der Waals surface area contributed by atoms with Crippen molar-refractivity contribution in [2.45, 2.75) is 78.9 Å². The summed E-state index contributed by atoms with van der Waals surface area (Å²) >= 11 is 0. The highest BCUT2D eigenvalue weighted by Crippen LogP contribution is 2.43. The number of carboxylic acid groups (broad SMARTS) is 1. The van der Waals surface area contributed by atoms with Gasteiger partial charge in [0.25, 0.3) is 0 Å². The van der Waals surface area contributed by atoms with Crippen molar-refractivity contribution in [3.05, 3.63) is 71.7 Å². The summed E-state index contributed by atoms with van der Waals surface area (Å²) in [6, 6.07) is 14.2. The number of aromatic nitrogens is 2. The number of ether oxygens (including phenoxy) is 2. The van der Waals surface area contributed by atoms with Crippen LogP contribution in [0.1, 0.15) is 76.8 Å². The Morgan fingerprint density at radius 1 is 1.05 bits per heavy atom. The second-order valence-electron chi connectivity index (χ2n) is 12.4. The predicted molar refractivity (Wildman–Crippen MR) is 159 cm³/mol. The summed E-state index contributed by atoms with van der Waals surface area (Å²) in [5.74, 6) is -0.319. The van der Waals surface area contributed by atoms with Crippen LogP contribution >= 0.6 is 0 Å². The van der Waals surface area contributed by atoms with E-state index in [0.717, 1.165) is 55.7 Å². The van der Waals surface area contributed by atoms with Gasteiger partial charge < -0.3 is 19.5 Å². The van der Waals surface area contributed by atoms with E-state index in [2.05, 4.69) is 48.0 Å². The highest BCUT2D eigenvalue weighted by molar-refractivity contribution is 5.85. The van der Waals surface area contributed by atoms with Gasteiger partial charge in [-0.1, -0.05) is 44.2 Å². The molecule has 1 fully saturated rings. The van der Waals surface area contributed by atoms with Crippen molar-refractivity contribution in [2.75, 3.05) is 24.6 Å². The number of benzene rings is 1. The lowest BCUT2D eigenvalue weighted by molar-refractivity contribution is -0.160. The average Bonchev–Trinajstić information content (AvgIpc) is 2.90. The van der Waals surface area contributed by atoms with E-state index in [4.69, 9.17) is 14.5 Å². The number of anilines is 1. The van der Waals surface area contributed by atoms with Gasteiger partial charge in [-0.05, 0) is 76.5 Å².